The van der Waals surface area contributed by atoms with Crippen LogP contribution in [0.25, 0.3) is 0 Å². The molecular formula is C20H25ClN4O2S. The number of hydrogen-bond acceptors (Lipinski definition) is 5. The summed E-state index contributed by atoms with van der Waals surface area (Å²) in [5.41, 5.74) is 1.97. The number of rotatable bonds is 5. The van der Waals surface area contributed by atoms with Crippen LogP contribution in [0.15, 0.2) is 36.7 Å². The Balaban J connectivity index is 1.62. The maximum Gasteiger partial charge on any atom is 0.173 e. The summed E-state index contributed by atoms with van der Waals surface area (Å²) >= 11 is 11.8. The average molecular weight is 421 g/mol. The molecule has 0 amide bonds. The van der Waals surface area contributed by atoms with Crippen molar-refractivity contribution in [2.75, 3.05) is 45.7 Å². The Morgan fingerprint density at radius 1 is 1.18 bits per heavy atom. The Bertz CT molecular complexity index is 806. The van der Waals surface area contributed by atoms with Crippen LogP contribution in [0.2, 0.25) is 5.02 Å². The molecule has 0 spiro atoms. The molecule has 1 aromatic carbocycles. The van der Waals surface area contributed by atoms with Gasteiger partial charge in [-0.3, -0.25) is 9.88 Å². The highest BCUT2D eigenvalue weighted by Crippen LogP contribution is 2.36. The lowest BCUT2D eigenvalue weighted by Crippen LogP contribution is -2.37. The Hall–Kier alpha value is -2.09. The van der Waals surface area contributed by atoms with E-state index in [0.29, 0.717) is 21.6 Å². The zero-order chi connectivity index (χ0) is 19.9. The number of halogens is 1. The Kier molecular flexibility index (Phi) is 7.30. The van der Waals surface area contributed by atoms with Gasteiger partial charge >= 0.3 is 0 Å². The number of hydrogen-bond donors (Lipinski definition) is 1. The van der Waals surface area contributed by atoms with Crippen LogP contribution in [0.1, 0.15) is 12.0 Å². The third-order valence-corrected chi connectivity index (χ3v) is 5.38. The van der Waals surface area contributed by atoms with Crippen LogP contribution in [0.5, 0.6) is 11.5 Å². The molecule has 1 fully saturated rings. The summed E-state index contributed by atoms with van der Waals surface area (Å²) in [5, 5.41) is 4.46. The van der Waals surface area contributed by atoms with Crippen LogP contribution >= 0.6 is 23.8 Å². The molecule has 8 heteroatoms. The highest BCUT2D eigenvalue weighted by Gasteiger charge is 2.19. The molecule has 1 aliphatic heterocycles. The van der Waals surface area contributed by atoms with Crippen LogP contribution in [-0.2, 0) is 6.54 Å². The minimum absolute atomic E-state index is 0.497. The van der Waals surface area contributed by atoms with Crippen molar-refractivity contribution in [3.8, 4) is 11.5 Å². The lowest BCUT2D eigenvalue weighted by molar-refractivity contribution is 0.278. The van der Waals surface area contributed by atoms with Crippen molar-refractivity contribution in [2.45, 2.75) is 13.0 Å². The molecule has 0 saturated carbocycles. The third kappa shape index (κ3) is 5.25. The molecule has 3 rings (SSSR count). The molecule has 28 heavy (non-hydrogen) atoms. The van der Waals surface area contributed by atoms with Crippen molar-refractivity contribution < 1.29 is 9.47 Å². The molecule has 150 valence electrons. The first-order chi connectivity index (χ1) is 13.6. The number of nitrogens with zero attached hydrogens (tertiary/aromatic N) is 3. The first-order valence-corrected chi connectivity index (χ1v) is 9.98. The summed E-state index contributed by atoms with van der Waals surface area (Å²) in [4.78, 5) is 8.83. The Morgan fingerprint density at radius 3 is 2.71 bits per heavy atom. The molecule has 0 aliphatic carbocycles. The van der Waals surface area contributed by atoms with Crippen LogP contribution in [-0.4, -0.2) is 60.3 Å². The third-order valence-electron chi connectivity index (χ3n) is 4.72. The van der Waals surface area contributed by atoms with Gasteiger partial charge in [0.15, 0.2) is 5.11 Å². The number of methoxy groups -OCH3 is 2. The highest BCUT2D eigenvalue weighted by molar-refractivity contribution is 7.80. The zero-order valence-electron chi connectivity index (χ0n) is 16.2. The standard InChI is InChI=1S/C20H25ClN4O2S/c1-26-18-12-17(19(27-2)11-16(18)21)23-20(28)25-8-4-7-24(9-10-25)14-15-5-3-6-22-13-15/h3,5-6,11-13H,4,7-10,14H2,1-2H3,(H,23,28). The predicted octanol–water partition coefficient (Wildman–Crippen LogP) is 3.66. The van der Waals surface area contributed by atoms with E-state index in [4.69, 9.17) is 33.3 Å². The largest absolute Gasteiger partial charge is 0.495 e. The van der Waals surface area contributed by atoms with Gasteiger partial charge in [-0.1, -0.05) is 17.7 Å². The van der Waals surface area contributed by atoms with Gasteiger partial charge in [-0.15, -0.1) is 0 Å². The molecule has 0 bridgehead atoms. The SMILES string of the molecule is COc1cc(NC(=S)N2CCCN(Cc3cccnc3)CC2)c(OC)cc1Cl. The van der Waals surface area contributed by atoms with Gasteiger partial charge in [0.05, 0.1) is 24.9 Å². The lowest BCUT2D eigenvalue weighted by atomic mass is 10.2. The number of pyridine rings is 1. The smallest absolute Gasteiger partial charge is 0.173 e. The fraction of sp³-hybridized carbons (Fsp3) is 0.400. The molecule has 1 aromatic heterocycles. The van der Waals surface area contributed by atoms with Crippen LogP contribution in [0.3, 0.4) is 0 Å². The quantitative estimate of drug-likeness (QED) is 0.740. The van der Waals surface area contributed by atoms with E-state index in [1.165, 1.54) is 5.56 Å². The first kappa shape index (κ1) is 20.6. The van der Waals surface area contributed by atoms with Crippen molar-refractivity contribution in [3.63, 3.8) is 0 Å². The summed E-state index contributed by atoms with van der Waals surface area (Å²) in [6.45, 7) is 4.65. The molecule has 1 saturated heterocycles. The Labute approximate surface area is 176 Å². The van der Waals surface area contributed by atoms with E-state index in [0.717, 1.165) is 44.8 Å². The lowest BCUT2D eigenvalue weighted by Gasteiger charge is -2.25. The number of nitrogens with one attached hydrogen (secondary N) is 1. The van der Waals surface area contributed by atoms with Crippen LogP contribution < -0.4 is 14.8 Å². The van der Waals surface area contributed by atoms with Crippen molar-refractivity contribution in [1.29, 1.82) is 0 Å². The maximum atomic E-state index is 6.18. The van der Waals surface area contributed by atoms with E-state index in [1.54, 1.807) is 32.5 Å². The maximum absolute atomic E-state index is 6.18. The van der Waals surface area contributed by atoms with Gasteiger partial charge in [0.2, 0.25) is 0 Å². The second kappa shape index (κ2) is 9.91. The monoisotopic (exact) mass is 420 g/mol. The molecule has 2 aromatic rings. The summed E-state index contributed by atoms with van der Waals surface area (Å²) in [6.07, 6.45) is 4.77. The van der Waals surface area contributed by atoms with Crippen LogP contribution in [0, 0.1) is 0 Å². The summed E-state index contributed by atoms with van der Waals surface area (Å²) in [6, 6.07) is 7.62. The molecular weight excluding hydrogens is 396 g/mol. The molecule has 0 radical (unpaired) electrons. The van der Waals surface area contributed by atoms with E-state index < -0.39 is 0 Å². The van der Waals surface area contributed by atoms with Crippen LogP contribution in [0.4, 0.5) is 5.69 Å². The summed E-state index contributed by atoms with van der Waals surface area (Å²) in [7, 11) is 3.19. The van der Waals surface area contributed by atoms with E-state index in [1.807, 2.05) is 12.3 Å². The van der Waals surface area contributed by atoms with Gasteiger partial charge in [-0.25, -0.2) is 0 Å². The number of benzene rings is 1. The number of ether oxygens (including phenoxy) is 2. The topological polar surface area (TPSA) is 49.9 Å². The molecule has 0 unspecified atom stereocenters. The summed E-state index contributed by atoms with van der Waals surface area (Å²) in [5.74, 6) is 1.20. The molecule has 6 nitrogen and oxygen atoms in total. The van der Waals surface area contributed by atoms with Gasteiger partial charge in [-0.05, 0) is 30.3 Å². The van der Waals surface area contributed by atoms with Crippen molar-refractivity contribution >= 4 is 34.6 Å². The predicted molar refractivity (Wildman–Crippen MR) is 116 cm³/mol. The Morgan fingerprint density at radius 2 is 2.00 bits per heavy atom. The number of thiocarbonyl (C=S) groups is 1. The van der Waals surface area contributed by atoms with Gasteiger partial charge < -0.3 is 19.7 Å². The molecule has 1 N–H and O–H groups in total. The van der Waals surface area contributed by atoms with Gasteiger partial charge in [0, 0.05) is 57.3 Å². The van der Waals surface area contributed by atoms with Gasteiger partial charge in [0.25, 0.3) is 0 Å². The fourth-order valence-corrected chi connectivity index (χ4v) is 3.76. The van der Waals surface area contributed by atoms with E-state index in [-0.39, 0.29) is 0 Å². The second-order valence-corrected chi connectivity index (χ2v) is 7.39. The minimum Gasteiger partial charge on any atom is -0.495 e. The fourth-order valence-electron chi connectivity index (χ4n) is 3.23. The minimum atomic E-state index is 0.497. The molecule has 2 heterocycles. The average Bonchev–Trinajstić information content (AvgIpc) is 2.95. The normalized spacial score (nSPS) is 15.0. The van der Waals surface area contributed by atoms with Crippen molar-refractivity contribution in [1.82, 2.24) is 14.8 Å². The molecule has 0 atom stereocenters. The van der Waals surface area contributed by atoms with Crippen molar-refractivity contribution in [2.24, 2.45) is 0 Å². The number of aromatic nitrogens is 1. The zero-order valence-corrected chi connectivity index (χ0v) is 17.7. The highest BCUT2D eigenvalue weighted by atomic mass is 35.5. The van der Waals surface area contributed by atoms with E-state index >= 15 is 0 Å². The van der Waals surface area contributed by atoms with Crippen molar-refractivity contribution in [3.05, 3.63) is 47.2 Å². The summed E-state index contributed by atoms with van der Waals surface area (Å²) < 4.78 is 10.7. The van der Waals surface area contributed by atoms with E-state index in [9.17, 15) is 0 Å². The van der Waals surface area contributed by atoms with E-state index in [2.05, 4.69) is 26.2 Å². The molecule has 1 aliphatic rings. The first-order valence-electron chi connectivity index (χ1n) is 9.19. The van der Waals surface area contributed by atoms with Gasteiger partial charge in [-0.2, -0.15) is 0 Å². The second-order valence-electron chi connectivity index (χ2n) is 6.60. The number of anilines is 1. The van der Waals surface area contributed by atoms with Gasteiger partial charge in [0.1, 0.15) is 11.5 Å².